The zero-order valence-electron chi connectivity index (χ0n) is 8.23. The molecule has 2 heterocycles. The summed E-state index contributed by atoms with van der Waals surface area (Å²) in [6.07, 6.45) is 0. The summed E-state index contributed by atoms with van der Waals surface area (Å²) in [7, 11) is 0. The van der Waals surface area contributed by atoms with E-state index in [9.17, 15) is 9.90 Å². The van der Waals surface area contributed by atoms with Crippen molar-refractivity contribution in [2.75, 3.05) is 0 Å². The highest BCUT2D eigenvalue weighted by molar-refractivity contribution is 7.08. The van der Waals surface area contributed by atoms with Crippen molar-refractivity contribution in [2.45, 2.75) is 0 Å². The first-order valence-electron chi connectivity index (χ1n) is 4.80. The minimum Gasteiger partial charge on any atom is -0.457 e. The van der Waals surface area contributed by atoms with Crippen LogP contribution in [0.15, 0.2) is 35.0 Å². The lowest BCUT2D eigenvalue weighted by atomic mass is 10.0. The van der Waals surface area contributed by atoms with E-state index in [1.165, 1.54) is 0 Å². The van der Waals surface area contributed by atoms with Crippen molar-refractivity contribution in [3.63, 3.8) is 0 Å². The van der Waals surface area contributed by atoms with E-state index in [-0.39, 0.29) is 11.7 Å². The van der Waals surface area contributed by atoms with E-state index in [1.807, 2.05) is 29.0 Å². The minimum atomic E-state index is -0.341. The van der Waals surface area contributed by atoms with E-state index >= 15 is 0 Å². The normalized spacial score (nSPS) is 13.8. The average molecular weight is 230 g/mol. The van der Waals surface area contributed by atoms with Crippen molar-refractivity contribution in [1.82, 2.24) is 0 Å². The molecule has 0 amide bonds. The number of nitrogens with one attached hydrogen (secondary N) is 1. The number of Topliss-reactive ketones (excluding diaryl/α,β-unsaturated/α-hetero) is 1. The van der Waals surface area contributed by atoms with Gasteiger partial charge in [-0.15, -0.1) is 0 Å². The maximum atomic E-state index is 11.6. The van der Waals surface area contributed by atoms with Gasteiger partial charge in [-0.3, -0.25) is 4.79 Å². The first-order valence-corrected chi connectivity index (χ1v) is 5.75. The Morgan fingerprint density at radius 1 is 1.19 bits per heavy atom. The molecular weight excluding hydrogens is 222 g/mol. The SMILES string of the molecule is O=C1C(O)=[NH+]c2c1cccc2-c1ccsc1. The molecule has 16 heavy (non-hydrogen) atoms. The highest BCUT2D eigenvalue weighted by Crippen LogP contribution is 2.30. The van der Waals surface area contributed by atoms with Crippen molar-refractivity contribution < 1.29 is 14.9 Å². The number of rotatable bonds is 1. The molecule has 1 aromatic carbocycles. The van der Waals surface area contributed by atoms with Crippen LogP contribution in [-0.2, 0) is 0 Å². The summed E-state index contributed by atoms with van der Waals surface area (Å²) in [6, 6.07) is 7.45. The van der Waals surface area contributed by atoms with E-state index in [1.54, 1.807) is 17.4 Å². The summed E-state index contributed by atoms with van der Waals surface area (Å²) in [5.41, 5.74) is 3.22. The van der Waals surface area contributed by atoms with E-state index < -0.39 is 0 Å². The summed E-state index contributed by atoms with van der Waals surface area (Å²) in [4.78, 5) is 14.3. The van der Waals surface area contributed by atoms with Gasteiger partial charge in [-0.05, 0) is 34.5 Å². The van der Waals surface area contributed by atoms with Crippen LogP contribution >= 0.6 is 11.3 Å². The Morgan fingerprint density at radius 3 is 2.75 bits per heavy atom. The Balaban J connectivity index is 2.27. The zero-order chi connectivity index (χ0) is 11.1. The van der Waals surface area contributed by atoms with Crippen molar-refractivity contribution >= 4 is 28.7 Å². The number of para-hydroxylation sites is 1. The second kappa shape index (κ2) is 3.28. The predicted octanol–water partition coefficient (Wildman–Crippen LogP) is 1.28. The number of aliphatic hydroxyl groups excluding tert-OH is 1. The molecule has 1 aromatic heterocycles. The Hall–Kier alpha value is -1.94. The largest absolute Gasteiger partial charge is 0.457 e. The van der Waals surface area contributed by atoms with Gasteiger partial charge in [0.15, 0.2) is 0 Å². The first kappa shape index (κ1) is 9.30. The van der Waals surface area contributed by atoms with Gasteiger partial charge in [0.05, 0.1) is 5.56 Å². The molecule has 0 aliphatic carbocycles. The summed E-state index contributed by atoms with van der Waals surface area (Å²) >= 11 is 1.60. The Bertz CT molecular complexity index is 599. The molecule has 0 saturated carbocycles. The molecule has 1 aliphatic rings. The second-order valence-corrected chi connectivity index (χ2v) is 4.32. The fraction of sp³-hybridized carbons (Fsp3) is 0. The molecule has 3 rings (SSSR count). The van der Waals surface area contributed by atoms with Crippen LogP contribution in [0.5, 0.6) is 0 Å². The van der Waals surface area contributed by atoms with Crippen LogP contribution in [0.2, 0.25) is 0 Å². The Kier molecular flexibility index (Phi) is 1.91. The monoisotopic (exact) mass is 230 g/mol. The molecule has 0 saturated heterocycles. The molecule has 0 radical (unpaired) electrons. The maximum Gasteiger partial charge on any atom is 0.414 e. The fourth-order valence-electron chi connectivity index (χ4n) is 1.84. The molecule has 3 nitrogen and oxygen atoms in total. The third-order valence-electron chi connectivity index (χ3n) is 2.60. The van der Waals surface area contributed by atoms with Gasteiger partial charge < -0.3 is 5.11 Å². The van der Waals surface area contributed by atoms with Gasteiger partial charge in [0.25, 0.3) is 0 Å². The molecule has 2 N–H and O–H groups in total. The van der Waals surface area contributed by atoms with Crippen LogP contribution in [0, 0.1) is 0 Å². The smallest absolute Gasteiger partial charge is 0.414 e. The lowest BCUT2D eigenvalue weighted by Gasteiger charge is -1.97. The zero-order valence-corrected chi connectivity index (χ0v) is 9.04. The number of ketones is 1. The van der Waals surface area contributed by atoms with Crippen molar-refractivity contribution in [3.8, 4) is 11.1 Å². The Labute approximate surface area is 95.7 Å². The standard InChI is InChI=1S/C12H7NO2S/c14-11-9-3-1-2-8(7-4-5-16-6-7)10(9)13-12(11)15/h1-6H,(H,13,14,15)/p+1. The van der Waals surface area contributed by atoms with Crippen LogP contribution in [-0.4, -0.2) is 16.8 Å². The van der Waals surface area contributed by atoms with Crippen LogP contribution in [0.1, 0.15) is 10.4 Å². The van der Waals surface area contributed by atoms with Gasteiger partial charge in [-0.1, -0.05) is 6.07 Å². The first-order chi connectivity index (χ1) is 7.77. The van der Waals surface area contributed by atoms with E-state index in [0.717, 1.165) is 11.1 Å². The van der Waals surface area contributed by atoms with Crippen molar-refractivity contribution in [1.29, 1.82) is 0 Å². The quantitative estimate of drug-likeness (QED) is 0.775. The number of aliphatic hydroxyl groups is 1. The molecule has 78 valence electrons. The van der Waals surface area contributed by atoms with E-state index in [2.05, 4.69) is 4.99 Å². The highest BCUT2D eigenvalue weighted by Gasteiger charge is 2.33. The van der Waals surface area contributed by atoms with Gasteiger partial charge in [-0.25, -0.2) is 0 Å². The third kappa shape index (κ3) is 1.20. The average Bonchev–Trinajstić information content (AvgIpc) is 2.89. The highest BCUT2D eigenvalue weighted by atomic mass is 32.1. The summed E-state index contributed by atoms with van der Waals surface area (Å²) in [6.45, 7) is 0. The summed E-state index contributed by atoms with van der Waals surface area (Å²) in [5, 5.41) is 13.4. The number of carbonyl (C=O) groups excluding carboxylic acids is 1. The molecule has 2 aromatic rings. The van der Waals surface area contributed by atoms with Crippen LogP contribution < -0.4 is 4.99 Å². The van der Waals surface area contributed by atoms with Gasteiger partial charge in [0, 0.05) is 0 Å². The number of thiophene rings is 1. The third-order valence-corrected chi connectivity index (χ3v) is 3.28. The number of hydrogen-bond donors (Lipinski definition) is 2. The molecule has 1 aliphatic heterocycles. The molecule has 0 bridgehead atoms. The number of hydrogen-bond acceptors (Lipinski definition) is 2. The number of benzene rings is 1. The van der Waals surface area contributed by atoms with Crippen LogP contribution in [0.4, 0.5) is 5.69 Å². The molecule has 0 unspecified atom stereocenters. The van der Waals surface area contributed by atoms with Crippen LogP contribution in [0.3, 0.4) is 0 Å². The summed E-state index contributed by atoms with van der Waals surface area (Å²) < 4.78 is 0. The molecular formula is C12H8NO2S+. The molecule has 0 fully saturated rings. The second-order valence-electron chi connectivity index (χ2n) is 3.54. The van der Waals surface area contributed by atoms with Crippen LogP contribution in [0.25, 0.3) is 11.1 Å². The minimum absolute atomic E-state index is 0.294. The van der Waals surface area contributed by atoms with Crippen molar-refractivity contribution in [3.05, 3.63) is 40.6 Å². The van der Waals surface area contributed by atoms with E-state index in [0.29, 0.717) is 11.3 Å². The van der Waals surface area contributed by atoms with Gasteiger partial charge >= 0.3 is 11.7 Å². The fourth-order valence-corrected chi connectivity index (χ4v) is 2.49. The lowest BCUT2D eigenvalue weighted by molar-refractivity contribution is -0.359. The number of fused-ring (bicyclic) bond motifs is 1. The Morgan fingerprint density at radius 2 is 2.00 bits per heavy atom. The molecule has 4 heteroatoms. The topological polar surface area (TPSA) is 51.3 Å². The van der Waals surface area contributed by atoms with Gasteiger partial charge in [0.2, 0.25) is 5.69 Å². The van der Waals surface area contributed by atoms with Crippen molar-refractivity contribution in [2.24, 2.45) is 0 Å². The van der Waals surface area contributed by atoms with Gasteiger partial charge in [0.1, 0.15) is 5.56 Å². The maximum absolute atomic E-state index is 11.6. The van der Waals surface area contributed by atoms with Gasteiger partial charge in [-0.2, -0.15) is 16.3 Å². The van der Waals surface area contributed by atoms with E-state index in [4.69, 9.17) is 0 Å². The summed E-state index contributed by atoms with van der Waals surface area (Å²) in [5.74, 6) is -0.634. The molecule has 0 spiro atoms. The molecule has 0 atom stereocenters. The predicted molar refractivity (Wildman–Crippen MR) is 62.3 cm³/mol. The lowest BCUT2D eigenvalue weighted by Crippen LogP contribution is -2.65. The number of carbonyl (C=O) groups is 1.